The Morgan fingerprint density at radius 3 is 2.54 bits per heavy atom. The monoisotopic (exact) mass is 325 g/mol. The first-order valence-electron chi connectivity index (χ1n) is 7.10. The van der Waals surface area contributed by atoms with E-state index < -0.39 is 4.92 Å². The van der Waals surface area contributed by atoms with E-state index in [1.165, 1.54) is 35.0 Å². The molecular formula is C17H12FN3O3. The van der Waals surface area contributed by atoms with Gasteiger partial charge in [0.05, 0.1) is 17.2 Å². The highest BCUT2D eigenvalue weighted by atomic mass is 19.1. The highest BCUT2D eigenvalue weighted by Gasteiger charge is 2.08. The van der Waals surface area contributed by atoms with Gasteiger partial charge in [-0.05, 0) is 35.9 Å². The number of benzene rings is 2. The van der Waals surface area contributed by atoms with Gasteiger partial charge in [0.2, 0.25) is 0 Å². The second-order valence-corrected chi connectivity index (χ2v) is 5.15. The van der Waals surface area contributed by atoms with Crippen molar-refractivity contribution in [3.63, 3.8) is 0 Å². The van der Waals surface area contributed by atoms with E-state index in [1.807, 2.05) is 0 Å². The van der Waals surface area contributed by atoms with Gasteiger partial charge in [-0.1, -0.05) is 12.1 Å². The van der Waals surface area contributed by atoms with E-state index in [2.05, 4.69) is 5.10 Å². The fraction of sp³-hybridized carbons (Fsp3) is 0.0588. The van der Waals surface area contributed by atoms with E-state index in [9.17, 15) is 19.3 Å². The molecule has 0 spiro atoms. The Morgan fingerprint density at radius 2 is 1.83 bits per heavy atom. The molecule has 0 unspecified atom stereocenters. The number of nitro benzene ring substituents is 1. The second kappa shape index (κ2) is 6.41. The van der Waals surface area contributed by atoms with Crippen LogP contribution in [0.5, 0.6) is 0 Å². The first-order chi connectivity index (χ1) is 11.5. The molecule has 0 aliphatic carbocycles. The lowest BCUT2D eigenvalue weighted by molar-refractivity contribution is -0.384. The molecule has 1 aromatic heterocycles. The third-order valence-corrected chi connectivity index (χ3v) is 3.46. The lowest BCUT2D eigenvalue weighted by Crippen LogP contribution is -2.22. The van der Waals surface area contributed by atoms with Crippen molar-refractivity contribution in [2.24, 2.45) is 0 Å². The van der Waals surface area contributed by atoms with Crippen LogP contribution in [0.1, 0.15) is 5.56 Å². The summed E-state index contributed by atoms with van der Waals surface area (Å²) < 4.78 is 14.2. The fourth-order valence-corrected chi connectivity index (χ4v) is 2.28. The van der Waals surface area contributed by atoms with Crippen LogP contribution in [-0.2, 0) is 6.54 Å². The number of hydrogen-bond donors (Lipinski definition) is 0. The van der Waals surface area contributed by atoms with Crippen LogP contribution >= 0.6 is 0 Å². The van der Waals surface area contributed by atoms with E-state index in [4.69, 9.17) is 0 Å². The van der Waals surface area contributed by atoms with Gasteiger partial charge in [0.15, 0.2) is 0 Å². The highest BCUT2D eigenvalue weighted by molar-refractivity contribution is 5.57. The topological polar surface area (TPSA) is 78.0 Å². The van der Waals surface area contributed by atoms with Crippen molar-refractivity contribution < 1.29 is 9.31 Å². The maximum absolute atomic E-state index is 13.0. The molecule has 6 nitrogen and oxygen atoms in total. The van der Waals surface area contributed by atoms with Gasteiger partial charge in [0, 0.05) is 23.8 Å². The Bertz CT molecular complexity index is 952. The molecular weight excluding hydrogens is 313 g/mol. The lowest BCUT2D eigenvalue weighted by atomic mass is 10.1. The number of nitro groups is 1. The van der Waals surface area contributed by atoms with E-state index in [0.29, 0.717) is 16.8 Å². The maximum Gasteiger partial charge on any atom is 0.269 e. The van der Waals surface area contributed by atoms with Gasteiger partial charge in [-0.3, -0.25) is 14.9 Å². The number of halogens is 1. The van der Waals surface area contributed by atoms with E-state index >= 15 is 0 Å². The SMILES string of the molecule is O=c1ccc(-c2ccc(F)cc2)nn1Cc1cccc([N+](=O)[O-])c1. The molecule has 0 N–H and O–H groups in total. The summed E-state index contributed by atoms with van der Waals surface area (Å²) in [7, 11) is 0. The van der Waals surface area contributed by atoms with E-state index in [-0.39, 0.29) is 23.6 Å². The second-order valence-electron chi connectivity index (χ2n) is 5.15. The fourth-order valence-electron chi connectivity index (χ4n) is 2.28. The van der Waals surface area contributed by atoms with Crippen LogP contribution in [0, 0.1) is 15.9 Å². The van der Waals surface area contributed by atoms with Crippen molar-refractivity contribution in [3.05, 3.63) is 92.5 Å². The number of non-ortho nitro benzene ring substituents is 1. The van der Waals surface area contributed by atoms with Gasteiger partial charge in [-0.15, -0.1) is 0 Å². The summed E-state index contributed by atoms with van der Waals surface area (Å²) in [6, 6.07) is 14.7. The zero-order valence-electron chi connectivity index (χ0n) is 12.4. The number of rotatable bonds is 4. The van der Waals surface area contributed by atoms with E-state index in [0.717, 1.165) is 0 Å². The zero-order chi connectivity index (χ0) is 17.1. The molecule has 3 aromatic rings. The minimum absolute atomic E-state index is 0.0461. The summed E-state index contributed by atoms with van der Waals surface area (Å²) in [5.41, 5.74) is 1.40. The summed E-state index contributed by atoms with van der Waals surface area (Å²) in [5, 5.41) is 15.1. The molecule has 0 saturated carbocycles. The van der Waals surface area contributed by atoms with Crippen molar-refractivity contribution in [1.82, 2.24) is 9.78 Å². The minimum Gasteiger partial charge on any atom is -0.268 e. The Morgan fingerprint density at radius 1 is 1.08 bits per heavy atom. The Hall–Kier alpha value is -3.35. The third kappa shape index (κ3) is 3.35. The van der Waals surface area contributed by atoms with Crippen LogP contribution < -0.4 is 5.56 Å². The van der Waals surface area contributed by atoms with Crippen LogP contribution in [0.25, 0.3) is 11.3 Å². The van der Waals surface area contributed by atoms with Crippen LogP contribution in [0.15, 0.2) is 65.5 Å². The molecule has 0 aliphatic rings. The van der Waals surface area contributed by atoms with Crippen molar-refractivity contribution in [1.29, 1.82) is 0 Å². The smallest absolute Gasteiger partial charge is 0.268 e. The van der Waals surface area contributed by atoms with Crippen molar-refractivity contribution >= 4 is 5.69 Å². The Kier molecular flexibility index (Phi) is 4.15. The summed E-state index contributed by atoms with van der Waals surface area (Å²) in [6.07, 6.45) is 0. The average Bonchev–Trinajstić information content (AvgIpc) is 2.58. The summed E-state index contributed by atoms with van der Waals surface area (Å²) >= 11 is 0. The Labute approximate surface area is 136 Å². The van der Waals surface area contributed by atoms with Gasteiger partial charge in [0.1, 0.15) is 5.82 Å². The highest BCUT2D eigenvalue weighted by Crippen LogP contribution is 2.17. The van der Waals surface area contributed by atoms with Crippen molar-refractivity contribution in [2.45, 2.75) is 6.54 Å². The molecule has 0 saturated heterocycles. The summed E-state index contributed by atoms with van der Waals surface area (Å²) in [6.45, 7) is 0.107. The van der Waals surface area contributed by atoms with Crippen molar-refractivity contribution in [2.75, 3.05) is 0 Å². The van der Waals surface area contributed by atoms with Gasteiger partial charge >= 0.3 is 0 Å². The van der Waals surface area contributed by atoms with Gasteiger partial charge in [-0.2, -0.15) is 5.10 Å². The molecule has 0 atom stereocenters. The lowest BCUT2D eigenvalue weighted by Gasteiger charge is -2.07. The number of nitrogens with zero attached hydrogens (tertiary/aromatic N) is 3. The predicted molar refractivity (Wildman–Crippen MR) is 86.1 cm³/mol. The average molecular weight is 325 g/mol. The Balaban J connectivity index is 1.95. The van der Waals surface area contributed by atoms with E-state index in [1.54, 1.807) is 30.3 Å². The molecule has 120 valence electrons. The maximum atomic E-state index is 13.0. The van der Waals surface area contributed by atoms with Gasteiger partial charge < -0.3 is 0 Å². The van der Waals surface area contributed by atoms with Gasteiger partial charge in [0.25, 0.3) is 11.2 Å². The van der Waals surface area contributed by atoms with Crippen LogP contribution in [-0.4, -0.2) is 14.7 Å². The minimum atomic E-state index is -0.491. The molecule has 2 aromatic carbocycles. The molecule has 24 heavy (non-hydrogen) atoms. The molecule has 0 bridgehead atoms. The normalized spacial score (nSPS) is 10.5. The molecule has 0 radical (unpaired) electrons. The predicted octanol–water partition coefficient (Wildman–Crippen LogP) is 3.01. The number of aromatic nitrogens is 2. The molecule has 0 fully saturated rings. The number of hydrogen-bond acceptors (Lipinski definition) is 4. The summed E-state index contributed by atoms with van der Waals surface area (Å²) in [4.78, 5) is 22.3. The molecule has 3 rings (SSSR count). The molecule has 0 amide bonds. The molecule has 7 heteroatoms. The third-order valence-electron chi connectivity index (χ3n) is 3.46. The molecule has 0 aliphatic heterocycles. The van der Waals surface area contributed by atoms with Gasteiger partial charge in [-0.25, -0.2) is 9.07 Å². The largest absolute Gasteiger partial charge is 0.269 e. The standard InChI is InChI=1S/C17H12FN3O3/c18-14-6-4-13(5-7-14)16-8-9-17(22)20(19-16)11-12-2-1-3-15(10-12)21(23)24/h1-10H,11H2. The molecule has 1 heterocycles. The van der Waals surface area contributed by atoms with Crippen LogP contribution in [0.3, 0.4) is 0 Å². The first kappa shape index (κ1) is 15.5. The first-order valence-corrected chi connectivity index (χ1v) is 7.10. The zero-order valence-corrected chi connectivity index (χ0v) is 12.4. The quantitative estimate of drug-likeness (QED) is 0.546. The summed E-state index contributed by atoms with van der Waals surface area (Å²) in [5.74, 6) is -0.358. The van der Waals surface area contributed by atoms with Crippen LogP contribution in [0.2, 0.25) is 0 Å². The van der Waals surface area contributed by atoms with Crippen molar-refractivity contribution in [3.8, 4) is 11.3 Å². The van der Waals surface area contributed by atoms with Crippen LogP contribution in [0.4, 0.5) is 10.1 Å².